The van der Waals surface area contributed by atoms with Gasteiger partial charge in [0, 0.05) is 27.1 Å². The summed E-state index contributed by atoms with van der Waals surface area (Å²) in [4.78, 5) is 24.6. The van der Waals surface area contributed by atoms with Gasteiger partial charge in [0.1, 0.15) is 5.02 Å². The van der Waals surface area contributed by atoms with Crippen LogP contribution in [0.1, 0.15) is 6.42 Å². The van der Waals surface area contributed by atoms with Crippen LogP contribution in [0.2, 0.25) is 5.02 Å². The summed E-state index contributed by atoms with van der Waals surface area (Å²) in [7, 11) is 3.35. The van der Waals surface area contributed by atoms with Gasteiger partial charge in [0.25, 0.3) is 5.56 Å². The summed E-state index contributed by atoms with van der Waals surface area (Å²) in [6, 6.07) is 0. The van der Waals surface area contributed by atoms with Gasteiger partial charge < -0.3 is 15.3 Å². The van der Waals surface area contributed by atoms with E-state index in [9.17, 15) is 9.59 Å². The van der Waals surface area contributed by atoms with Crippen LogP contribution < -0.4 is 10.9 Å². The predicted octanol–water partition coefficient (Wildman–Crippen LogP) is -0.221. The summed E-state index contributed by atoms with van der Waals surface area (Å²) >= 11 is 5.90. The molecule has 0 fully saturated rings. The van der Waals surface area contributed by atoms with Crippen molar-refractivity contribution in [1.29, 1.82) is 0 Å². The number of aliphatic hydroxyl groups excluding tert-OH is 1. The number of hydrogen-bond donors (Lipinski definition) is 2. The highest BCUT2D eigenvalue weighted by Gasteiger charge is 2.09. The van der Waals surface area contributed by atoms with E-state index in [0.29, 0.717) is 18.7 Å². The lowest BCUT2D eigenvalue weighted by Gasteiger charge is -2.12. The molecule has 0 aliphatic heterocycles. The van der Waals surface area contributed by atoms with Gasteiger partial charge in [-0.1, -0.05) is 11.6 Å². The standard InChI is InChI=1S/C11H17ClN4O3/c1-15(2)9(18)3-4-13-8-7-14-16(5-6-17)11(19)10(8)12/h7,13,17H,3-6H2,1-2H3. The molecule has 0 aliphatic carbocycles. The summed E-state index contributed by atoms with van der Waals surface area (Å²) < 4.78 is 1.08. The molecule has 106 valence electrons. The summed E-state index contributed by atoms with van der Waals surface area (Å²) in [5.74, 6) is -0.0230. The highest BCUT2D eigenvalue weighted by atomic mass is 35.5. The van der Waals surface area contributed by atoms with E-state index >= 15 is 0 Å². The summed E-state index contributed by atoms with van der Waals surface area (Å²) in [6.07, 6.45) is 1.70. The number of carbonyl (C=O) groups excluding carboxylic acids is 1. The average molecular weight is 289 g/mol. The fourth-order valence-corrected chi connectivity index (χ4v) is 1.58. The molecule has 0 bridgehead atoms. The molecule has 0 radical (unpaired) electrons. The van der Waals surface area contributed by atoms with Crippen molar-refractivity contribution in [2.24, 2.45) is 0 Å². The third-order valence-electron chi connectivity index (χ3n) is 2.45. The fraction of sp³-hybridized carbons (Fsp3) is 0.545. The Morgan fingerprint density at radius 3 is 2.84 bits per heavy atom. The van der Waals surface area contributed by atoms with Crippen molar-refractivity contribution in [3.63, 3.8) is 0 Å². The number of carbonyl (C=O) groups is 1. The Kier molecular flexibility index (Phi) is 5.78. The lowest BCUT2D eigenvalue weighted by molar-refractivity contribution is -0.128. The number of aromatic nitrogens is 2. The Morgan fingerprint density at radius 2 is 2.26 bits per heavy atom. The van der Waals surface area contributed by atoms with Crippen LogP contribution in [0.25, 0.3) is 0 Å². The number of nitrogens with zero attached hydrogens (tertiary/aromatic N) is 3. The van der Waals surface area contributed by atoms with Crippen LogP contribution in [0.5, 0.6) is 0 Å². The van der Waals surface area contributed by atoms with Crippen molar-refractivity contribution >= 4 is 23.2 Å². The molecule has 1 heterocycles. The molecule has 7 nitrogen and oxygen atoms in total. The highest BCUT2D eigenvalue weighted by molar-refractivity contribution is 6.32. The van der Waals surface area contributed by atoms with Crippen molar-refractivity contribution in [3.05, 3.63) is 21.6 Å². The topological polar surface area (TPSA) is 87.5 Å². The van der Waals surface area contributed by atoms with Crippen LogP contribution in [0.4, 0.5) is 5.69 Å². The molecular weight excluding hydrogens is 272 g/mol. The van der Waals surface area contributed by atoms with Gasteiger partial charge in [0.2, 0.25) is 5.91 Å². The number of aliphatic hydroxyl groups is 1. The number of rotatable bonds is 6. The van der Waals surface area contributed by atoms with Crippen LogP contribution in [-0.4, -0.2) is 52.9 Å². The van der Waals surface area contributed by atoms with Gasteiger partial charge in [-0.15, -0.1) is 0 Å². The van der Waals surface area contributed by atoms with E-state index in [1.807, 2.05) is 0 Å². The zero-order valence-corrected chi connectivity index (χ0v) is 11.6. The third-order valence-corrected chi connectivity index (χ3v) is 2.82. The second kappa shape index (κ2) is 7.10. The maximum Gasteiger partial charge on any atom is 0.287 e. The van der Waals surface area contributed by atoms with Gasteiger partial charge in [-0.05, 0) is 0 Å². The average Bonchev–Trinajstić information content (AvgIpc) is 2.37. The first kappa shape index (κ1) is 15.5. The van der Waals surface area contributed by atoms with E-state index in [4.69, 9.17) is 16.7 Å². The normalized spacial score (nSPS) is 10.3. The minimum atomic E-state index is -0.473. The van der Waals surface area contributed by atoms with Gasteiger partial charge >= 0.3 is 0 Å². The van der Waals surface area contributed by atoms with E-state index < -0.39 is 5.56 Å². The van der Waals surface area contributed by atoms with E-state index in [-0.39, 0.29) is 24.1 Å². The Labute approximate surface area is 115 Å². The summed E-state index contributed by atoms with van der Waals surface area (Å²) in [6.45, 7) is 0.271. The maximum atomic E-state index is 11.7. The molecule has 0 saturated carbocycles. The minimum absolute atomic E-state index is 0.000696. The Balaban J connectivity index is 2.68. The molecule has 0 saturated heterocycles. The van der Waals surface area contributed by atoms with Gasteiger partial charge in [-0.25, -0.2) is 4.68 Å². The van der Waals surface area contributed by atoms with E-state index in [2.05, 4.69) is 10.4 Å². The van der Waals surface area contributed by atoms with E-state index in [1.165, 1.54) is 11.1 Å². The van der Waals surface area contributed by atoms with Crippen LogP contribution in [0, 0.1) is 0 Å². The van der Waals surface area contributed by atoms with Crippen LogP contribution in [0.3, 0.4) is 0 Å². The van der Waals surface area contributed by atoms with Crippen LogP contribution >= 0.6 is 11.6 Å². The molecule has 2 N–H and O–H groups in total. The predicted molar refractivity (Wildman–Crippen MR) is 72.4 cm³/mol. The van der Waals surface area contributed by atoms with Crippen LogP contribution in [0.15, 0.2) is 11.0 Å². The second-order valence-corrected chi connectivity index (χ2v) is 4.47. The Bertz CT molecular complexity index is 501. The van der Waals surface area contributed by atoms with Gasteiger partial charge in [-0.2, -0.15) is 5.10 Å². The molecule has 0 atom stereocenters. The van der Waals surface area contributed by atoms with Crippen molar-refractivity contribution in [3.8, 4) is 0 Å². The van der Waals surface area contributed by atoms with Gasteiger partial charge in [0.15, 0.2) is 0 Å². The number of nitrogens with one attached hydrogen (secondary N) is 1. The molecule has 8 heteroatoms. The zero-order valence-electron chi connectivity index (χ0n) is 10.9. The molecule has 0 aliphatic rings. The number of anilines is 1. The van der Waals surface area contributed by atoms with Crippen molar-refractivity contribution in [2.45, 2.75) is 13.0 Å². The van der Waals surface area contributed by atoms with Crippen molar-refractivity contribution in [2.75, 3.05) is 32.6 Å². The Morgan fingerprint density at radius 1 is 1.58 bits per heavy atom. The molecule has 0 aromatic carbocycles. The number of amides is 1. The smallest absolute Gasteiger partial charge is 0.287 e. The molecule has 1 aromatic heterocycles. The number of halogens is 1. The first-order valence-electron chi connectivity index (χ1n) is 5.78. The highest BCUT2D eigenvalue weighted by Crippen LogP contribution is 2.14. The quantitative estimate of drug-likeness (QED) is 0.756. The summed E-state index contributed by atoms with van der Waals surface area (Å²) in [5.41, 5.74) is -0.0907. The van der Waals surface area contributed by atoms with E-state index in [1.54, 1.807) is 14.1 Å². The minimum Gasteiger partial charge on any atom is -0.394 e. The van der Waals surface area contributed by atoms with Crippen LogP contribution in [-0.2, 0) is 11.3 Å². The zero-order chi connectivity index (χ0) is 14.4. The number of hydrogen-bond acceptors (Lipinski definition) is 5. The monoisotopic (exact) mass is 288 g/mol. The molecular formula is C11H17ClN4O3. The lowest BCUT2D eigenvalue weighted by atomic mass is 10.3. The fourth-order valence-electron chi connectivity index (χ4n) is 1.37. The van der Waals surface area contributed by atoms with E-state index in [0.717, 1.165) is 4.68 Å². The summed E-state index contributed by atoms with van der Waals surface area (Å²) in [5, 5.41) is 15.5. The lowest BCUT2D eigenvalue weighted by Crippen LogP contribution is -2.27. The van der Waals surface area contributed by atoms with Gasteiger partial charge in [0.05, 0.1) is 25.0 Å². The third kappa shape index (κ3) is 4.22. The molecule has 1 amide bonds. The Hall–Kier alpha value is -1.60. The molecule has 0 spiro atoms. The SMILES string of the molecule is CN(C)C(=O)CCNc1cnn(CCO)c(=O)c1Cl. The first-order chi connectivity index (χ1) is 8.97. The largest absolute Gasteiger partial charge is 0.394 e. The molecule has 19 heavy (non-hydrogen) atoms. The van der Waals surface area contributed by atoms with Gasteiger partial charge in [-0.3, -0.25) is 9.59 Å². The second-order valence-electron chi connectivity index (χ2n) is 4.09. The van der Waals surface area contributed by atoms with Crippen molar-refractivity contribution in [1.82, 2.24) is 14.7 Å². The maximum absolute atomic E-state index is 11.7. The molecule has 1 rings (SSSR count). The first-order valence-corrected chi connectivity index (χ1v) is 6.15. The van der Waals surface area contributed by atoms with Crippen molar-refractivity contribution < 1.29 is 9.90 Å². The molecule has 1 aromatic rings. The molecule has 0 unspecified atom stereocenters.